The molecule has 2 saturated heterocycles. The number of ether oxygens (including phenoxy) is 2. The summed E-state index contributed by atoms with van der Waals surface area (Å²) in [6.45, 7) is 8.16. The van der Waals surface area contributed by atoms with Crippen molar-refractivity contribution in [2.75, 3.05) is 53.6 Å². The third kappa shape index (κ3) is 6.65. The molecule has 0 aromatic rings. The van der Waals surface area contributed by atoms with E-state index in [1.807, 2.05) is 7.05 Å². The number of rotatable bonds is 6. The lowest BCUT2D eigenvalue weighted by Crippen LogP contribution is -2.53. The summed E-state index contributed by atoms with van der Waals surface area (Å²) in [4.78, 5) is 6.93. The molecular formula is C17H35IN4O2. The molecule has 24 heavy (non-hydrogen) atoms. The van der Waals surface area contributed by atoms with Gasteiger partial charge in [-0.15, -0.1) is 24.0 Å². The lowest BCUT2D eigenvalue weighted by molar-refractivity contribution is -0.0855. The first-order chi connectivity index (χ1) is 11.2. The van der Waals surface area contributed by atoms with Gasteiger partial charge in [-0.1, -0.05) is 6.92 Å². The van der Waals surface area contributed by atoms with Crippen LogP contribution in [0.1, 0.15) is 39.0 Å². The number of piperidine rings is 1. The normalized spacial score (nSPS) is 22.7. The predicted octanol–water partition coefficient (Wildman–Crippen LogP) is 1.84. The fourth-order valence-corrected chi connectivity index (χ4v) is 3.45. The van der Waals surface area contributed by atoms with Gasteiger partial charge in [-0.2, -0.15) is 0 Å². The summed E-state index contributed by atoms with van der Waals surface area (Å²) in [5, 5.41) is 7.03. The molecule has 0 saturated carbocycles. The zero-order chi connectivity index (χ0) is 16.5. The lowest BCUT2D eigenvalue weighted by Gasteiger charge is -2.37. The van der Waals surface area contributed by atoms with Crippen LogP contribution in [-0.4, -0.2) is 76.1 Å². The van der Waals surface area contributed by atoms with Gasteiger partial charge in [-0.05, 0) is 25.8 Å². The first-order valence-corrected chi connectivity index (χ1v) is 9.04. The lowest BCUT2D eigenvalue weighted by atomic mass is 9.94. The molecule has 6 nitrogen and oxygen atoms in total. The molecule has 0 aromatic carbocycles. The Balaban J connectivity index is 0.00000288. The maximum Gasteiger partial charge on any atom is 0.191 e. The highest BCUT2D eigenvalue weighted by molar-refractivity contribution is 14.0. The zero-order valence-electron chi connectivity index (χ0n) is 15.5. The van der Waals surface area contributed by atoms with E-state index in [1.54, 1.807) is 7.11 Å². The zero-order valence-corrected chi connectivity index (χ0v) is 17.8. The maximum atomic E-state index is 5.77. The Bertz CT molecular complexity index is 368. The SMILES string of the molecule is CCCN1CCC(NC(=NC)NCC2(OC)CCOCC2)CC1.I. The highest BCUT2D eigenvalue weighted by Gasteiger charge is 2.32. The topological polar surface area (TPSA) is 58.1 Å². The van der Waals surface area contributed by atoms with Crippen molar-refractivity contribution in [3.63, 3.8) is 0 Å². The molecule has 2 fully saturated rings. The number of likely N-dealkylation sites (tertiary alicyclic amines) is 1. The predicted molar refractivity (Wildman–Crippen MR) is 109 cm³/mol. The van der Waals surface area contributed by atoms with Gasteiger partial charge in [0.2, 0.25) is 0 Å². The molecule has 0 spiro atoms. The Morgan fingerprint density at radius 3 is 2.50 bits per heavy atom. The molecule has 7 heteroatoms. The van der Waals surface area contributed by atoms with Crippen molar-refractivity contribution in [1.82, 2.24) is 15.5 Å². The first-order valence-electron chi connectivity index (χ1n) is 9.04. The van der Waals surface area contributed by atoms with Crippen LogP contribution >= 0.6 is 24.0 Å². The molecule has 0 radical (unpaired) electrons. The minimum Gasteiger partial charge on any atom is -0.381 e. The molecule has 0 amide bonds. The molecule has 0 unspecified atom stereocenters. The molecule has 0 aromatic heterocycles. The largest absolute Gasteiger partial charge is 0.381 e. The minimum atomic E-state index is -0.125. The van der Waals surface area contributed by atoms with Gasteiger partial charge in [0.1, 0.15) is 0 Å². The van der Waals surface area contributed by atoms with Gasteiger partial charge in [-0.25, -0.2) is 0 Å². The second-order valence-electron chi connectivity index (χ2n) is 6.69. The van der Waals surface area contributed by atoms with Crippen molar-refractivity contribution in [1.29, 1.82) is 0 Å². The third-order valence-electron chi connectivity index (χ3n) is 5.11. The van der Waals surface area contributed by atoms with Crippen LogP contribution in [0, 0.1) is 0 Å². The highest BCUT2D eigenvalue weighted by atomic mass is 127. The summed E-state index contributed by atoms with van der Waals surface area (Å²) in [7, 11) is 3.64. The summed E-state index contributed by atoms with van der Waals surface area (Å²) in [6.07, 6.45) is 5.48. The molecule has 2 aliphatic heterocycles. The van der Waals surface area contributed by atoms with Gasteiger partial charge in [0.05, 0.1) is 5.60 Å². The number of methoxy groups -OCH3 is 1. The van der Waals surface area contributed by atoms with Gasteiger partial charge in [0.25, 0.3) is 0 Å². The molecule has 0 atom stereocenters. The third-order valence-corrected chi connectivity index (χ3v) is 5.11. The van der Waals surface area contributed by atoms with Crippen LogP contribution < -0.4 is 10.6 Å². The Kier molecular flexibility index (Phi) is 10.5. The summed E-state index contributed by atoms with van der Waals surface area (Å²) in [5.41, 5.74) is -0.125. The van der Waals surface area contributed by atoms with Crippen LogP contribution in [0.5, 0.6) is 0 Å². The van der Waals surface area contributed by atoms with Crippen LogP contribution in [0.4, 0.5) is 0 Å². The minimum absolute atomic E-state index is 0. The van der Waals surface area contributed by atoms with E-state index in [0.717, 1.165) is 38.6 Å². The van der Waals surface area contributed by atoms with E-state index in [0.29, 0.717) is 6.04 Å². The van der Waals surface area contributed by atoms with Gasteiger partial charge < -0.3 is 25.0 Å². The Hall–Kier alpha value is -0.120. The monoisotopic (exact) mass is 454 g/mol. The molecule has 2 heterocycles. The molecule has 2 rings (SSSR count). The number of hydrogen-bond acceptors (Lipinski definition) is 4. The van der Waals surface area contributed by atoms with Crippen molar-refractivity contribution >= 4 is 29.9 Å². The molecule has 0 aliphatic carbocycles. The summed E-state index contributed by atoms with van der Waals surface area (Å²) >= 11 is 0. The average Bonchev–Trinajstić information content (AvgIpc) is 2.61. The van der Waals surface area contributed by atoms with E-state index in [1.165, 1.54) is 38.9 Å². The fraction of sp³-hybridized carbons (Fsp3) is 0.941. The van der Waals surface area contributed by atoms with Gasteiger partial charge in [0.15, 0.2) is 5.96 Å². The van der Waals surface area contributed by atoms with Crippen LogP contribution in [0.2, 0.25) is 0 Å². The van der Waals surface area contributed by atoms with E-state index in [-0.39, 0.29) is 29.6 Å². The van der Waals surface area contributed by atoms with Crippen molar-refractivity contribution in [2.45, 2.75) is 50.7 Å². The van der Waals surface area contributed by atoms with Gasteiger partial charge in [-0.3, -0.25) is 4.99 Å². The number of halogens is 1. The second-order valence-corrected chi connectivity index (χ2v) is 6.69. The molecule has 142 valence electrons. The number of guanidine groups is 1. The Labute approximate surface area is 164 Å². The van der Waals surface area contributed by atoms with Gasteiger partial charge in [0, 0.05) is 65.9 Å². The van der Waals surface area contributed by atoms with Crippen LogP contribution in [0.15, 0.2) is 4.99 Å². The summed E-state index contributed by atoms with van der Waals surface area (Å²) in [5.74, 6) is 0.891. The van der Waals surface area contributed by atoms with Crippen molar-refractivity contribution < 1.29 is 9.47 Å². The number of aliphatic imine (C=N–C) groups is 1. The van der Waals surface area contributed by atoms with E-state index < -0.39 is 0 Å². The van der Waals surface area contributed by atoms with E-state index >= 15 is 0 Å². The van der Waals surface area contributed by atoms with Crippen molar-refractivity contribution in [3.8, 4) is 0 Å². The quantitative estimate of drug-likeness (QED) is 0.365. The van der Waals surface area contributed by atoms with Crippen molar-refractivity contribution in [2.24, 2.45) is 4.99 Å². The van der Waals surface area contributed by atoms with E-state index in [2.05, 4.69) is 27.4 Å². The molecular weight excluding hydrogens is 419 g/mol. The van der Waals surface area contributed by atoms with E-state index in [9.17, 15) is 0 Å². The first kappa shape index (κ1) is 21.9. The standard InChI is InChI=1S/C17H34N4O2.HI/c1-4-9-21-10-5-15(6-11-21)20-16(18-2)19-14-17(22-3)7-12-23-13-8-17;/h15H,4-14H2,1-3H3,(H2,18,19,20);1H. The number of nitrogens with one attached hydrogen (secondary N) is 2. The summed E-state index contributed by atoms with van der Waals surface area (Å²) < 4.78 is 11.2. The van der Waals surface area contributed by atoms with Crippen LogP contribution in [0.3, 0.4) is 0 Å². The summed E-state index contributed by atoms with van der Waals surface area (Å²) in [6, 6.07) is 0.516. The van der Waals surface area contributed by atoms with Gasteiger partial charge >= 0.3 is 0 Å². The van der Waals surface area contributed by atoms with Crippen LogP contribution in [0.25, 0.3) is 0 Å². The second kappa shape index (κ2) is 11.5. The van der Waals surface area contributed by atoms with Crippen molar-refractivity contribution in [3.05, 3.63) is 0 Å². The maximum absolute atomic E-state index is 5.77. The Morgan fingerprint density at radius 1 is 1.29 bits per heavy atom. The highest BCUT2D eigenvalue weighted by Crippen LogP contribution is 2.23. The average molecular weight is 454 g/mol. The number of nitrogens with zero attached hydrogens (tertiary/aromatic N) is 2. The fourth-order valence-electron chi connectivity index (χ4n) is 3.45. The van der Waals surface area contributed by atoms with Crippen LogP contribution in [-0.2, 0) is 9.47 Å². The molecule has 2 N–H and O–H groups in total. The molecule has 2 aliphatic rings. The number of hydrogen-bond donors (Lipinski definition) is 2. The smallest absolute Gasteiger partial charge is 0.191 e. The molecule has 0 bridgehead atoms. The van der Waals surface area contributed by atoms with E-state index in [4.69, 9.17) is 9.47 Å². The Morgan fingerprint density at radius 2 is 1.96 bits per heavy atom.